The van der Waals surface area contributed by atoms with E-state index in [-0.39, 0.29) is 18.0 Å². The fourth-order valence-electron chi connectivity index (χ4n) is 2.20. The highest BCUT2D eigenvalue weighted by Crippen LogP contribution is 2.23. The van der Waals surface area contributed by atoms with Crippen LogP contribution in [0.25, 0.3) is 11.1 Å². The number of fused-ring (bicyclic) bond motifs is 1. The van der Waals surface area contributed by atoms with Crippen LogP contribution in [0.5, 0.6) is 0 Å². The average Bonchev–Trinajstić information content (AvgIpc) is 2.79. The van der Waals surface area contributed by atoms with E-state index >= 15 is 0 Å². The van der Waals surface area contributed by atoms with E-state index in [9.17, 15) is 4.79 Å². The van der Waals surface area contributed by atoms with Crippen LogP contribution in [-0.4, -0.2) is 23.0 Å². The number of hydrogen-bond donors (Lipinski definition) is 2. The predicted octanol–water partition coefficient (Wildman–Crippen LogP) is 3.70. The highest BCUT2D eigenvalue weighted by atomic mass is 79.9. The zero-order valence-corrected chi connectivity index (χ0v) is 14.0. The number of benzene rings is 1. The van der Waals surface area contributed by atoms with Crippen LogP contribution in [0.3, 0.4) is 0 Å². The molecule has 1 heterocycles. The summed E-state index contributed by atoms with van der Waals surface area (Å²) in [5, 5.41) is 6.17. The third-order valence-electron chi connectivity index (χ3n) is 3.16. The van der Waals surface area contributed by atoms with Gasteiger partial charge in [-0.25, -0.2) is 0 Å². The Kier molecular flexibility index (Phi) is 5.22. The minimum Gasteiger partial charge on any atom is -0.424 e. The lowest BCUT2D eigenvalue weighted by Gasteiger charge is -2.18. The Morgan fingerprint density at radius 3 is 2.86 bits per heavy atom. The summed E-state index contributed by atoms with van der Waals surface area (Å²) in [5.41, 5.74) is 1.56. The summed E-state index contributed by atoms with van der Waals surface area (Å²) in [7, 11) is 0. The normalized spacial score (nSPS) is 13.9. The number of carbonyl (C=O) groups excluding carboxylic acids is 1. The topological polar surface area (TPSA) is 67.2 Å². The average molecular weight is 354 g/mol. The zero-order chi connectivity index (χ0) is 15.4. The van der Waals surface area contributed by atoms with Gasteiger partial charge in [-0.05, 0) is 38.5 Å². The monoisotopic (exact) mass is 353 g/mol. The van der Waals surface area contributed by atoms with Crippen LogP contribution in [0.4, 0.5) is 6.01 Å². The molecule has 114 valence electrons. The van der Waals surface area contributed by atoms with E-state index in [0.29, 0.717) is 12.4 Å². The van der Waals surface area contributed by atoms with Gasteiger partial charge in [0.25, 0.3) is 6.01 Å². The highest BCUT2D eigenvalue weighted by molar-refractivity contribution is 9.10. The van der Waals surface area contributed by atoms with Gasteiger partial charge in [0.15, 0.2) is 5.58 Å². The quantitative estimate of drug-likeness (QED) is 0.830. The van der Waals surface area contributed by atoms with E-state index in [1.54, 1.807) is 0 Å². The number of nitrogens with zero attached hydrogens (tertiary/aromatic N) is 1. The standard InChI is InChI=1S/C15H20BrN3O2/c1-4-14(20)17-9(2)7-10(3)18-15-19-12-8-11(16)5-6-13(12)21-15/h5-6,8-10H,4,7H2,1-3H3,(H,17,20)(H,18,19). The van der Waals surface area contributed by atoms with Crippen LogP contribution >= 0.6 is 15.9 Å². The molecule has 1 amide bonds. The van der Waals surface area contributed by atoms with Gasteiger partial charge in [-0.15, -0.1) is 0 Å². The van der Waals surface area contributed by atoms with Crippen LogP contribution in [0.1, 0.15) is 33.6 Å². The molecular weight excluding hydrogens is 334 g/mol. The van der Waals surface area contributed by atoms with Crippen molar-refractivity contribution in [2.75, 3.05) is 5.32 Å². The second-order valence-corrected chi connectivity index (χ2v) is 6.15. The minimum atomic E-state index is 0.0708. The molecule has 0 bridgehead atoms. The first-order chi connectivity index (χ1) is 9.97. The second kappa shape index (κ2) is 6.93. The van der Waals surface area contributed by atoms with Gasteiger partial charge in [0, 0.05) is 23.0 Å². The third-order valence-corrected chi connectivity index (χ3v) is 3.65. The number of amides is 1. The first kappa shape index (κ1) is 15.8. The van der Waals surface area contributed by atoms with Gasteiger partial charge < -0.3 is 15.1 Å². The Labute approximate surface area is 132 Å². The van der Waals surface area contributed by atoms with Crippen LogP contribution in [0, 0.1) is 0 Å². The van der Waals surface area contributed by atoms with Crippen molar-refractivity contribution in [3.8, 4) is 0 Å². The molecule has 0 aliphatic heterocycles. The number of nitrogens with one attached hydrogen (secondary N) is 2. The molecule has 1 aromatic carbocycles. The molecule has 0 fully saturated rings. The summed E-state index contributed by atoms with van der Waals surface area (Å²) in [6.07, 6.45) is 1.31. The molecule has 0 spiro atoms. The lowest BCUT2D eigenvalue weighted by Crippen LogP contribution is -2.35. The summed E-state index contributed by atoms with van der Waals surface area (Å²) in [5.74, 6) is 0.0708. The maximum absolute atomic E-state index is 11.3. The number of rotatable bonds is 6. The molecule has 6 heteroatoms. The Balaban J connectivity index is 1.94. The number of anilines is 1. The number of aromatic nitrogens is 1. The van der Waals surface area contributed by atoms with Crippen LogP contribution in [0.15, 0.2) is 27.1 Å². The van der Waals surface area contributed by atoms with Crippen molar-refractivity contribution in [2.45, 2.75) is 45.7 Å². The van der Waals surface area contributed by atoms with Crippen molar-refractivity contribution in [1.29, 1.82) is 0 Å². The summed E-state index contributed by atoms with van der Waals surface area (Å²) in [6, 6.07) is 6.48. The predicted molar refractivity (Wildman–Crippen MR) is 87.3 cm³/mol. The van der Waals surface area contributed by atoms with Crippen molar-refractivity contribution in [3.63, 3.8) is 0 Å². The van der Waals surface area contributed by atoms with Gasteiger partial charge in [0.05, 0.1) is 0 Å². The maximum Gasteiger partial charge on any atom is 0.295 e. The Bertz CT molecular complexity index is 626. The molecule has 21 heavy (non-hydrogen) atoms. The molecule has 2 rings (SSSR count). The largest absolute Gasteiger partial charge is 0.424 e. The van der Waals surface area contributed by atoms with E-state index in [0.717, 1.165) is 22.0 Å². The molecule has 0 aliphatic carbocycles. The summed E-state index contributed by atoms with van der Waals surface area (Å²) < 4.78 is 6.62. The van der Waals surface area contributed by atoms with Crippen LogP contribution < -0.4 is 10.6 Å². The Morgan fingerprint density at radius 2 is 2.14 bits per heavy atom. The number of carbonyl (C=O) groups is 1. The molecule has 0 aliphatic rings. The Hall–Kier alpha value is -1.56. The van der Waals surface area contributed by atoms with Gasteiger partial charge >= 0.3 is 0 Å². The smallest absolute Gasteiger partial charge is 0.295 e. The molecule has 5 nitrogen and oxygen atoms in total. The molecule has 0 saturated carbocycles. The van der Waals surface area contributed by atoms with E-state index in [4.69, 9.17) is 4.42 Å². The van der Waals surface area contributed by atoms with E-state index in [2.05, 4.69) is 31.5 Å². The molecule has 0 radical (unpaired) electrons. The van der Waals surface area contributed by atoms with Crippen molar-refractivity contribution < 1.29 is 9.21 Å². The van der Waals surface area contributed by atoms with E-state index in [1.807, 2.05) is 39.0 Å². The van der Waals surface area contributed by atoms with Gasteiger partial charge in [-0.3, -0.25) is 4.79 Å². The molecular formula is C15H20BrN3O2. The number of oxazole rings is 1. The molecule has 1 aromatic heterocycles. The summed E-state index contributed by atoms with van der Waals surface area (Å²) in [4.78, 5) is 15.7. The zero-order valence-electron chi connectivity index (χ0n) is 12.4. The van der Waals surface area contributed by atoms with Crippen molar-refractivity contribution >= 4 is 39.0 Å². The lowest BCUT2D eigenvalue weighted by atomic mass is 10.1. The first-order valence-corrected chi connectivity index (χ1v) is 7.89. The van der Waals surface area contributed by atoms with Crippen molar-refractivity contribution in [3.05, 3.63) is 22.7 Å². The van der Waals surface area contributed by atoms with Gasteiger partial charge in [-0.2, -0.15) is 4.98 Å². The molecule has 2 aromatic rings. The molecule has 2 unspecified atom stereocenters. The fourth-order valence-corrected chi connectivity index (χ4v) is 2.55. The Morgan fingerprint density at radius 1 is 1.38 bits per heavy atom. The number of halogens is 1. The lowest BCUT2D eigenvalue weighted by molar-refractivity contribution is -0.121. The second-order valence-electron chi connectivity index (χ2n) is 5.23. The maximum atomic E-state index is 11.3. The molecule has 2 N–H and O–H groups in total. The van der Waals surface area contributed by atoms with Crippen LogP contribution in [0.2, 0.25) is 0 Å². The number of hydrogen-bond acceptors (Lipinski definition) is 4. The molecule has 2 atom stereocenters. The highest BCUT2D eigenvalue weighted by Gasteiger charge is 2.13. The fraction of sp³-hybridized carbons (Fsp3) is 0.467. The van der Waals surface area contributed by atoms with Crippen molar-refractivity contribution in [2.24, 2.45) is 0 Å². The SMILES string of the molecule is CCC(=O)NC(C)CC(C)Nc1nc2cc(Br)ccc2o1. The van der Waals surface area contributed by atoms with Crippen molar-refractivity contribution in [1.82, 2.24) is 10.3 Å². The van der Waals surface area contributed by atoms with Crippen LogP contribution in [-0.2, 0) is 4.79 Å². The third kappa shape index (κ3) is 4.46. The minimum absolute atomic E-state index is 0.0708. The first-order valence-electron chi connectivity index (χ1n) is 7.10. The van der Waals surface area contributed by atoms with E-state index in [1.165, 1.54) is 0 Å². The molecule has 0 saturated heterocycles. The van der Waals surface area contributed by atoms with Gasteiger partial charge in [-0.1, -0.05) is 22.9 Å². The van der Waals surface area contributed by atoms with E-state index < -0.39 is 0 Å². The summed E-state index contributed by atoms with van der Waals surface area (Å²) in [6.45, 7) is 5.88. The van der Waals surface area contributed by atoms with Gasteiger partial charge in [0.2, 0.25) is 5.91 Å². The summed E-state index contributed by atoms with van der Waals surface area (Å²) >= 11 is 3.41. The van der Waals surface area contributed by atoms with Gasteiger partial charge in [0.1, 0.15) is 5.52 Å².